The maximum absolute atomic E-state index is 13.4. The number of carbonyl (C=O) groups excluding carboxylic acids is 1. The fraction of sp³-hybridized carbons (Fsp3) is 0.304. The Morgan fingerprint density at radius 2 is 2.00 bits per heavy atom. The van der Waals surface area contributed by atoms with Crippen LogP contribution in [0.15, 0.2) is 55.0 Å². The van der Waals surface area contributed by atoms with Gasteiger partial charge >= 0.3 is 6.03 Å². The van der Waals surface area contributed by atoms with Gasteiger partial charge in [0.15, 0.2) is 0 Å². The molecule has 1 aromatic carbocycles. The van der Waals surface area contributed by atoms with Gasteiger partial charge in [0.25, 0.3) is 0 Å². The van der Waals surface area contributed by atoms with Crippen LogP contribution in [0.4, 0.5) is 16.2 Å². The van der Waals surface area contributed by atoms with Crippen molar-refractivity contribution in [2.45, 2.75) is 18.9 Å². The minimum Gasteiger partial charge on any atom is -0.362 e. The molecule has 0 spiro atoms. The molecule has 1 atom stereocenters. The van der Waals surface area contributed by atoms with Gasteiger partial charge in [0.05, 0.1) is 35.4 Å². The summed E-state index contributed by atoms with van der Waals surface area (Å²) in [4.78, 5) is 23.9. The van der Waals surface area contributed by atoms with Crippen LogP contribution in [0.3, 0.4) is 0 Å². The Labute approximate surface area is 180 Å². The van der Waals surface area contributed by atoms with Crippen LogP contribution in [0, 0.1) is 11.3 Å². The number of urea groups is 1. The molecule has 2 aliphatic heterocycles. The first-order valence-corrected chi connectivity index (χ1v) is 10.5. The number of carbonyl (C=O) groups is 1. The largest absolute Gasteiger partial charge is 0.362 e. The molecule has 1 N–H and O–H groups in total. The van der Waals surface area contributed by atoms with Gasteiger partial charge in [-0.2, -0.15) is 10.4 Å². The fourth-order valence-electron chi connectivity index (χ4n) is 4.42. The van der Waals surface area contributed by atoms with E-state index in [1.165, 1.54) is 0 Å². The van der Waals surface area contributed by atoms with E-state index in [4.69, 9.17) is 5.26 Å². The van der Waals surface area contributed by atoms with Gasteiger partial charge in [-0.25, -0.2) is 4.79 Å². The number of likely N-dealkylation sites (tertiary alicyclic amines) is 1. The van der Waals surface area contributed by atoms with Crippen molar-refractivity contribution in [3.63, 3.8) is 0 Å². The standard InChI is InChI=1S/C23H23N7O/c24-11-17-5-6-20(25-12-17)16-28-9-10-30(22-4-2-1-3-21(22)28)23(31)29-8-7-18(15-29)19-13-26-27-14-19/h1-6,12-14,18H,7-10,15-16H2,(H,26,27). The number of amides is 2. The van der Waals surface area contributed by atoms with E-state index in [0.717, 1.165) is 48.7 Å². The van der Waals surface area contributed by atoms with Crippen molar-refractivity contribution < 1.29 is 4.79 Å². The second-order valence-electron chi connectivity index (χ2n) is 7.96. The zero-order valence-electron chi connectivity index (χ0n) is 17.1. The monoisotopic (exact) mass is 413 g/mol. The lowest BCUT2D eigenvalue weighted by Crippen LogP contribution is -2.49. The van der Waals surface area contributed by atoms with Gasteiger partial charge < -0.3 is 9.80 Å². The summed E-state index contributed by atoms with van der Waals surface area (Å²) in [5.74, 6) is 0.335. The molecule has 0 saturated carbocycles. The molecule has 2 aromatic heterocycles. The van der Waals surface area contributed by atoms with Crippen LogP contribution < -0.4 is 9.80 Å². The van der Waals surface area contributed by atoms with E-state index in [1.54, 1.807) is 12.3 Å². The first-order valence-electron chi connectivity index (χ1n) is 10.5. The normalized spacial score (nSPS) is 18.0. The van der Waals surface area contributed by atoms with Gasteiger partial charge in [-0.15, -0.1) is 0 Å². The zero-order chi connectivity index (χ0) is 21.2. The number of hydrogen-bond acceptors (Lipinski definition) is 5. The lowest BCUT2D eigenvalue weighted by atomic mass is 10.0. The van der Waals surface area contributed by atoms with Crippen molar-refractivity contribution in [3.8, 4) is 6.07 Å². The quantitative estimate of drug-likeness (QED) is 0.712. The average Bonchev–Trinajstić information content (AvgIpc) is 3.51. The molecule has 8 heteroatoms. The maximum atomic E-state index is 13.4. The van der Waals surface area contributed by atoms with E-state index < -0.39 is 0 Å². The molecule has 1 saturated heterocycles. The predicted molar refractivity (Wildman–Crippen MR) is 117 cm³/mol. The number of benzene rings is 1. The number of para-hydroxylation sites is 2. The summed E-state index contributed by atoms with van der Waals surface area (Å²) in [5.41, 5.74) is 4.57. The number of fused-ring (bicyclic) bond motifs is 1. The highest BCUT2D eigenvalue weighted by atomic mass is 16.2. The molecule has 3 aromatic rings. The van der Waals surface area contributed by atoms with Crippen molar-refractivity contribution >= 4 is 17.4 Å². The Morgan fingerprint density at radius 1 is 1.13 bits per heavy atom. The Morgan fingerprint density at radius 3 is 2.74 bits per heavy atom. The Balaban J connectivity index is 1.33. The first kappa shape index (κ1) is 19.1. The third kappa shape index (κ3) is 3.70. The number of nitrogens with zero attached hydrogens (tertiary/aromatic N) is 6. The third-order valence-corrected chi connectivity index (χ3v) is 6.09. The summed E-state index contributed by atoms with van der Waals surface area (Å²) < 4.78 is 0. The van der Waals surface area contributed by atoms with E-state index >= 15 is 0 Å². The molecule has 0 aliphatic carbocycles. The summed E-state index contributed by atoms with van der Waals surface area (Å²) >= 11 is 0. The summed E-state index contributed by atoms with van der Waals surface area (Å²) in [7, 11) is 0. The molecule has 2 aliphatic rings. The number of anilines is 2. The molecular weight excluding hydrogens is 390 g/mol. The second-order valence-corrected chi connectivity index (χ2v) is 7.96. The molecule has 1 fully saturated rings. The van der Waals surface area contributed by atoms with Crippen molar-refractivity contribution in [2.24, 2.45) is 0 Å². The van der Waals surface area contributed by atoms with Crippen LogP contribution >= 0.6 is 0 Å². The molecule has 2 amide bonds. The Bertz CT molecular complexity index is 1100. The van der Waals surface area contributed by atoms with Crippen LogP contribution in [-0.4, -0.2) is 52.3 Å². The third-order valence-electron chi connectivity index (χ3n) is 6.09. The molecule has 156 valence electrons. The first-order chi connectivity index (χ1) is 15.2. The zero-order valence-corrected chi connectivity index (χ0v) is 17.1. The number of rotatable bonds is 3. The highest BCUT2D eigenvalue weighted by molar-refractivity contribution is 5.97. The summed E-state index contributed by atoms with van der Waals surface area (Å²) in [5, 5.41) is 15.9. The number of H-pyrrole nitrogens is 1. The van der Waals surface area contributed by atoms with Crippen molar-refractivity contribution in [1.29, 1.82) is 5.26 Å². The lowest BCUT2D eigenvalue weighted by molar-refractivity contribution is 0.214. The number of aromatic nitrogens is 3. The molecule has 31 heavy (non-hydrogen) atoms. The molecule has 8 nitrogen and oxygen atoms in total. The summed E-state index contributed by atoms with van der Waals surface area (Å²) in [6.07, 6.45) is 6.33. The molecule has 0 radical (unpaired) electrons. The maximum Gasteiger partial charge on any atom is 0.324 e. The highest BCUT2D eigenvalue weighted by Crippen LogP contribution is 2.35. The highest BCUT2D eigenvalue weighted by Gasteiger charge is 2.34. The minimum atomic E-state index is 0.0644. The van der Waals surface area contributed by atoms with Crippen molar-refractivity contribution in [1.82, 2.24) is 20.1 Å². The molecule has 5 rings (SSSR count). The number of hydrogen-bond donors (Lipinski definition) is 1. The fourth-order valence-corrected chi connectivity index (χ4v) is 4.42. The van der Waals surface area contributed by atoms with E-state index in [0.29, 0.717) is 24.6 Å². The van der Waals surface area contributed by atoms with Gasteiger partial charge in [-0.1, -0.05) is 12.1 Å². The topological polar surface area (TPSA) is 92.2 Å². The predicted octanol–water partition coefficient (Wildman–Crippen LogP) is 3.11. The van der Waals surface area contributed by atoms with Crippen LogP contribution in [0.2, 0.25) is 0 Å². The average molecular weight is 413 g/mol. The SMILES string of the molecule is N#Cc1ccc(CN2CCN(C(=O)N3CCC(c4cn[nH]c4)C3)c3ccccc32)nc1. The van der Waals surface area contributed by atoms with E-state index in [2.05, 4.69) is 32.2 Å². The van der Waals surface area contributed by atoms with Gasteiger partial charge in [0.1, 0.15) is 6.07 Å². The number of aromatic amines is 1. The summed E-state index contributed by atoms with van der Waals surface area (Å²) in [6, 6.07) is 13.9. The van der Waals surface area contributed by atoms with E-state index in [-0.39, 0.29) is 6.03 Å². The van der Waals surface area contributed by atoms with Crippen LogP contribution in [0.5, 0.6) is 0 Å². The Kier molecular flexibility index (Phi) is 5.00. The van der Waals surface area contributed by atoms with E-state index in [1.807, 2.05) is 46.5 Å². The van der Waals surface area contributed by atoms with Gasteiger partial charge in [-0.3, -0.25) is 15.0 Å². The van der Waals surface area contributed by atoms with E-state index in [9.17, 15) is 4.79 Å². The molecular formula is C23H23N7O. The summed E-state index contributed by atoms with van der Waals surface area (Å²) in [6.45, 7) is 3.46. The smallest absolute Gasteiger partial charge is 0.324 e. The van der Waals surface area contributed by atoms with Crippen LogP contribution in [0.1, 0.15) is 29.2 Å². The van der Waals surface area contributed by atoms with Crippen molar-refractivity contribution in [3.05, 3.63) is 71.8 Å². The number of pyridine rings is 1. The van der Waals surface area contributed by atoms with Crippen LogP contribution in [0.25, 0.3) is 0 Å². The van der Waals surface area contributed by atoms with Crippen LogP contribution in [-0.2, 0) is 6.54 Å². The van der Waals surface area contributed by atoms with Gasteiger partial charge in [0, 0.05) is 44.5 Å². The molecule has 4 heterocycles. The molecule has 1 unspecified atom stereocenters. The molecule has 0 bridgehead atoms. The minimum absolute atomic E-state index is 0.0644. The Hall–Kier alpha value is -3.86. The van der Waals surface area contributed by atoms with Gasteiger partial charge in [-0.05, 0) is 36.2 Å². The van der Waals surface area contributed by atoms with Crippen molar-refractivity contribution in [2.75, 3.05) is 36.0 Å². The number of nitrogens with one attached hydrogen (secondary N) is 1. The lowest BCUT2D eigenvalue weighted by Gasteiger charge is -2.39. The van der Waals surface area contributed by atoms with Gasteiger partial charge in [0.2, 0.25) is 0 Å². The number of nitriles is 1. The second kappa shape index (κ2) is 8.11.